The summed E-state index contributed by atoms with van der Waals surface area (Å²) in [7, 11) is 5.01. The number of hydrogen-bond acceptors (Lipinski definition) is 4. The van der Waals surface area contributed by atoms with E-state index in [9.17, 15) is 0 Å². The van der Waals surface area contributed by atoms with Crippen LogP contribution in [-0.2, 0) is 18.9 Å². The van der Waals surface area contributed by atoms with Gasteiger partial charge in [-0.1, -0.05) is 6.92 Å². The first-order valence-corrected chi connectivity index (χ1v) is 5.00. The molecule has 0 radical (unpaired) electrons. The van der Waals surface area contributed by atoms with Gasteiger partial charge in [-0.3, -0.25) is 0 Å². The van der Waals surface area contributed by atoms with Crippen LogP contribution >= 0.6 is 0 Å². The number of hydrogen-bond donors (Lipinski definition) is 0. The van der Waals surface area contributed by atoms with Crippen LogP contribution in [0.2, 0.25) is 0 Å². The van der Waals surface area contributed by atoms with Gasteiger partial charge in [0.15, 0.2) is 6.29 Å². The molecule has 0 N–H and O–H groups in total. The van der Waals surface area contributed by atoms with Crippen molar-refractivity contribution in [2.75, 3.05) is 21.3 Å². The third-order valence-electron chi connectivity index (χ3n) is 2.73. The lowest BCUT2D eigenvalue weighted by atomic mass is 10.0. The van der Waals surface area contributed by atoms with Crippen molar-refractivity contribution in [1.82, 2.24) is 0 Å². The number of ether oxygens (including phenoxy) is 4. The Bertz CT molecular complexity index is 128. The van der Waals surface area contributed by atoms with Gasteiger partial charge in [0.25, 0.3) is 0 Å². The molecular formula is C10H20O4. The van der Waals surface area contributed by atoms with Crippen molar-refractivity contribution in [3.05, 3.63) is 0 Å². The zero-order chi connectivity index (χ0) is 10.6. The second-order valence-corrected chi connectivity index (χ2v) is 3.47. The van der Waals surface area contributed by atoms with E-state index in [1.54, 1.807) is 21.3 Å². The zero-order valence-corrected chi connectivity index (χ0v) is 9.36. The first-order valence-electron chi connectivity index (χ1n) is 5.00. The summed E-state index contributed by atoms with van der Waals surface area (Å²) < 4.78 is 21.6. The van der Waals surface area contributed by atoms with E-state index in [0.717, 1.165) is 12.8 Å². The fourth-order valence-electron chi connectivity index (χ4n) is 1.86. The molecule has 1 heterocycles. The highest BCUT2D eigenvalue weighted by Gasteiger charge is 2.37. The summed E-state index contributed by atoms with van der Waals surface area (Å²) in [4.78, 5) is 0. The van der Waals surface area contributed by atoms with Crippen LogP contribution in [0.1, 0.15) is 19.8 Å². The zero-order valence-electron chi connectivity index (χ0n) is 9.36. The van der Waals surface area contributed by atoms with Gasteiger partial charge in [0.05, 0.1) is 12.2 Å². The van der Waals surface area contributed by atoms with Crippen molar-refractivity contribution < 1.29 is 18.9 Å². The van der Waals surface area contributed by atoms with Crippen molar-refractivity contribution in [3.8, 4) is 0 Å². The third kappa shape index (κ3) is 2.45. The molecular weight excluding hydrogens is 184 g/mol. The minimum atomic E-state index is -0.267. The average molecular weight is 204 g/mol. The summed E-state index contributed by atoms with van der Waals surface area (Å²) >= 11 is 0. The predicted molar refractivity (Wildman–Crippen MR) is 52.2 cm³/mol. The maximum Gasteiger partial charge on any atom is 0.183 e. The summed E-state index contributed by atoms with van der Waals surface area (Å²) in [5.41, 5.74) is 0. The van der Waals surface area contributed by atoms with Gasteiger partial charge < -0.3 is 18.9 Å². The van der Waals surface area contributed by atoms with Gasteiger partial charge in [-0.05, 0) is 6.42 Å². The average Bonchev–Trinajstić information content (AvgIpc) is 2.26. The van der Waals surface area contributed by atoms with Crippen molar-refractivity contribution in [3.63, 3.8) is 0 Å². The maximum atomic E-state index is 5.72. The standard InChI is InChI=1S/C10H20O4/c1-5-7-8(11-2)6-9(12-3)10(13-4)14-7/h7-10H,5-6H2,1-4H3/t7-,8?,9+,10?/m0/s1. The van der Waals surface area contributed by atoms with Gasteiger partial charge in [0, 0.05) is 27.8 Å². The van der Waals surface area contributed by atoms with Crippen LogP contribution in [0.5, 0.6) is 0 Å². The molecule has 14 heavy (non-hydrogen) atoms. The number of rotatable bonds is 4. The van der Waals surface area contributed by atoms with Crippen LogP contribution in [0.3, 0.4) is 0 Å². The van der Waals surface area contributed by atoms with Crippen molar-refractivity contribution in [1.29, 1.82) is 0 Å². The highest BCUT2D eigenvalue weighted by atomic mass is 16.7. The van der Waals surface area contributed by atoms with E-state index < -0.39 is 0 Å². The molecule has 4 heteroatoms. The molecule has 1 rings (SSSR count). The molecule has 0 aliphatic carbocycles. The second kappa shape index (κ2) is 5.66. The maximum absolute atomic E-state index is 5.72. The minimum Gasteiger partial charge on any atom is -0.379 e. The van der Waals surface area contributed by atoms with Crippen LogP contribution in [0.4, 0.5) is 0 Å². The molecule has 0 aromatic rings. The second-order valence-electron chi connectivity index (χ2n) is 3.47. The molecule has 4 atom stereocenters. The van der Waals surface area contributed by atoms with Crippen LogP contribution in [0.15, 0.2) is 0 Å². The predicted octanol–water partition coefficient (Wildman–Crippen LogP) is 1.19. The Morgan fingerprint density at radius 2 is 1.71 bits per heavy atom. The lowest BCUT2D eigenvalue weighted by Gasteiger charge is -2.39. The first kappa shape index (κ1) is 11.9. The molecule has 1 saturated heterocycles. The molecule has 1 fully saturated rings. The third-order valence-corrected chi connectivity index (χ3v) is 2.73. The van der Waals surface area contributed by atoms with E-state index in [2.05, 4.69) is 6.92 Å². The van der Waals surface area contributed by atoms with Gasteiger partial charge in [0.1, 0.15) is 6.10 Å². The molecule has 0 bridgehead atoms. The Hall–Kier alpha value is -0.160. The lowest BCUT2D eigenvalue weighted by molar-refractivity contribution is -0.265. The first-order chi connectivity index (χ1) is 6.76. The molecule has 2 unspecified atom stereocenters. The van der Waals surface area contributed by atoms with Gasteiger partial charge in [0.2, 0.25) is 0 Å². The van der Waals surface area contributed by atoms with Crippen molar-refractivity contribution in [2.24, 2.45) is 0 Å². The van der Waals surface area contributed by atoms with E-state index in [1.807, 2.05) is 0 Å². The molecule has 0 saturated carbocycles. The lowest BCUT2D eigenvalue weighted by Crippen LogP contribution is -2.49. The summed E-state index contributed by atoms with van der Waals surface area (Å²) in [6.45, 7) is 2.08. The summed E-state index contributed by atoms with van der Waals surface area (Å²) in [5.74, 6) is 0. The van der Waals surface area contributed by atoms with Crippen LogP contribution in [-0.4, -0.2) is 45.9 Å². The van der Waals surface area contributed by atoms with Gasteiger partial charge >= 0.3 is 0 Å². The largest absolute Gasteiger partial charge is 0.379 e. The monoisotopic (exact) mass is 204 g/mol. The summed E-state index contributed by atoms with van der Waals surface area (Å²) in [6.07, 6.45) is 1.66. The molecule has 0 aromatic carbocycles. The summed E-state index contributed by atoms with van der Waals surface area (Å²) in [5, 5.41) is 0. The van der Waals surface area contributed by atoms with Gasteiger partial charge in [-0.2, -0.15) is 0 Å². The van der Waals surface area contributed by atoms with Gasteiger partial charge in [-0.15, -0.1) is 0 Å². The number of methoxy groups -OCH3 is 3. The highest BCUT2D eigenvalue weighted by molar-refractivity contribution is 4.82. The molecule has 1 aliphatic heterocycles. The van der Waals surface area contributed by atoms with E-state index >= 15 is 0 Å². The molecule has 1 aliphatic rings. The molecule has 4 nitrogen and oxygen atoms in total. The van der Waals surface area contributed by atoms with E-state index in [-0.39, 0.29) is 24.6 Å². The van der Waals surface area contributed by atoms with Crippen LogP contribution < -0.4 is 0 Å². The van der Waals surface area contributed by atoms with Crippen LogP contribution in [0.25, 0.3) is 0 Å². The molecule has 0 spiro atoms. The normalized spacial score (nSPS) is 38.6. The SMILES string of the molecule is CC[C@@H]1OC(OC)[C@H](OC)CC1OC. The fraction of sp³-hybridized carbons (Fsp3) is 1.00. The summed E-state index contributed by atoms with van der Waals surface area (Å²) in [6, 6.07) is 0. The van der Waals surface area contributed by atoms with Crippen molar-refractivity contribution >= 4 is 0 Å². The Kier molecular flexibility index (Phi) is 4.81. The van der Waals surface area contributed by atoms with Crippen molar-refractivity contribution in [2.45, 2.75) is 44.4 Å². The highest BCUT2D eigenvalue weighted by Crippen LogP contribution is 2.26. The Morgan fingerprint density at radius 1 is 1.07 bits per heavy atom. The quantitative estimate of drug-likeness (QED) is 0.689. The molecule has 84 valence electrons. The molecule has 0 aromatic heterocycles. The topological polar surface area (TPSA) is 36.9 Å². The Morgan fingerprint density at radius 3 is 2.14 bits per heavy atom. The van der Waals surface area contributed by atoms with E-state index in [0.29, 0.717) is 0 Å². The Balaban J connectivity index is 2.59. The minimum absolute atomic E-state index is 0.0345. The van der Waals surface area contributed by atoms with Crippen LogP contribution in [0, 0.1) is 0 Å². The smallest absolute Gasteiger partial charge is 0.183 e. The van der Waals surface area contributed by atoms with E-state index in [4.69, 9.17) is 18.9 Å². The fourth-order valence-corrected chi connectivity index (χ4v) is 1.86. The van der Waals surface area contributed by atoms with Gasteiger partial charge in [-0.25, -0.2) is 0 Å². The Labute approximate surface area is 85.5 Å². The van der Waals surface area contributed by atoms with E-state index in [1.165, 1.54) is 0 Å². The molecule has 0 amide bonds.